The van der Waals surface area contributed by atoms with Crippen molar-refractivity contribution in [3.63, 3.8) is 0 Å². The SMILES string of the molecule is C=C(Oc1nc(-c2ccccc2)nc2ccccc12)c1ccc(F)cc1. The molecular formula is C22H15FN2O. The molecule has 0 amide bonds. The van der Waals surface area contributed by atoms with Crippen molar-refractivity contribution in [1.29, 1.82) is 0 Å². The first-order valence-corrected chi connectivity index (χ1v) is 8.15. The molecule has 0 fully saturated rings. The van der Waals surface area contributed by atoms with Gasteiger partial charge in [-0.25, -0.2) is 9.37 Å². The van der Waals surface area contributed by atoms with Crippen molar-refractivity contribution < 1.29 is 9.13 Å². The fourth-order valence-electron chi connectivity index (χ4n) is 2.65. The summed E-state index contributed by atoms with van der Waals surface area (Å²) in [6.45, 7) is 3.95. The molecule has 0 aliphatic heterocycles. The van der Waals surface area contributed by atoms with E-state index in [1.165, 1.54) is 12.1 Å². The molecule has 4 heteroatoms. The molecule has 3 aromatic carbocycles. The van der Waals surface area contributed by atoms with Gasteiger partial charge in [-0.15, -0.1) is 0 Å². The zero-order valence-electron chi connectivity index (χ0n) is 13.9. The molecule has 0 radical (unpaired) electrons. The predicted molar refractivity (Wildman–Crippen MR) is 101 cm³/mol. The van der Waals surface area contributed by atoms with Crippen LogP contribution in [0.4, 0.5) is 4.39 Å². The first kappa shape index (κ1) is 16.0. The molecule has 1 heterocycles. The van der Waals surface area contributed by atoms with E-state index >= 15 is 0 Å². The topological polar surface area (TPSA) is 35.0 Å². The summed E-state index contributed by atoms with van der Waals surface area (Å²) in [6, 6.07) is 23.3. The Balaban J connectivity index is 1.78. The molecular weight excluding hydrogens is 327 g/mol. The second-order valence-corrected chi connectivity index (χ2v) is 5.77. The number of hydrogen-bond acceptors (Lipinski definition) is 3. The molecule has 26 heavy (non-hydrogen) atoms. The molecule has 3 nitrogen and oxygen atoms in total. The summed E-state index contributed by atoms with van der Waals surface area (Å²) >= 11 is 0. The largest absolute Gasteiger partial charge is 0.438 e. The Labute approximate surface area is 150 Å². The van der Waals surface area contributed by atoms with Gasteiger partial charge in [-0.1, -0.05) is 49.0 Å². The Morgan fingerprint density at radius 1 is 0.808 bits per heavy atom. The van der Waals surface area contributed by atoms with Crippen LogP contribution < -0.4 is 4.74 Å². The monoisotopic (exact) mass is 342 g/mol. The van der Waals surface area contributed by atoms with Crippen molar-refractivity contribution in [2.75, 3.05) is 0 Å². The third-order valence-corrected chi connectivity index (χ3v) is 3.99. The molecule has 0 N–H and O–H groups in total. The van der Waals surface area contributed by atoms with Crippen LogP contribution in [-0.2, 0) is 0 Å². The third-order valence-electron chi connectivity index (χ3n) is 3.99. The van der Waals surface area contributed by atoms with Crippen molar-refractivity contribution in [3.05, 3.63) is 96.8 Å². The van der Waals surface area contributed by atoms with E-state index in [1.807, 2.05) is 54.6 Å². The molecule has 0 saturated heterocycles. The summed E-state index contributed by atoms with van der Waals surface area (Å²) in [5, 5.41) is 0.787. The lowest BCUT2D eigenvalue weighted by Gasteiger charge is -2.12. The maximum Gasteiger partial charge on any atom is 0.230 e. The van der Waals surface area contributed by atoms with Gasteiger partial charge in [0.05, 0.1) is 10.9 Å². The molecule has 0 atom stereocenters. The third kappa shape index (κ3) is 3.17. The van der Waals surface area contributed by atoms with E-state index in [1.54, 1.807) is 12.1 Å². The minimum absolute atomic E-state index is 0.305. The molecule has 0 unspecified atom stereocenters. The number of benzene rings is 3. The number of halogens is 1. The first-order chi connectivity index (χ1) is 12.7. The highest BCUT2D eigenvalue weighted by molar-refractivity contribution is 5.86. The van der Waals surface area contributed by atoms with Crippen LogP contribution in [-0.4, -0.2) is 9.97 Å². The second kappa shape index (κ2) is 6.76. The number of nitrogens with zero attached hydrogens (tertiary/aromatic N) is 2. The van der Waals surface area contributed by atoms with Crippen LogP contribution in [0, 0.1) is 5.82 Å². The van der Waals surface area contributed by atoms with Crippen molar-refractivity contribution in [1.82, 2.24) is 9.97 Å². The molecule has 0 aliphatic rings. The summed E-state index contributed by atoms with van der Waals surface area (Å²) in [4.78, 5) is 9.21. The zero-order valence-corrected chi connectivity index (χ0v) is 13.9. The lowest BCUT2D eigenvalue weighted by Crippen LogP contribution is -1.99. The van der Waals surface area contributed by atoms with Crippen molar-refractivity contribution in [2.45, 2.75) is 0 Å². The number of ether oxygens (including phenoxy) is 1. The van der Waals surface area contributed by atoms with Crippen molar-refractivity contribution >= 4 is 16.7 Å². The summed E-state index contributed by atoms with van der Waals surface area (Å²) in [7, 11) is 0. The van der Waals surface area contributed by atoms with Crippen LogP contribution in [0.1, 0.15) is 5.56 Å². The van der Waals surface area contributed by atoms with E-state index in [0.29, 0.717) is 23.0 Å². The second-order valence-electron chi connectivity index (χ2n) is 5.77. The van der Waals surface area contributed by atoms with Crippen LogP contribution in [0.2, 0.25) is 0 Å². The Kier molecular flexibility index (Phi) is 4.15. The van der Waals surface area contributed by atoms with Gasteiger partial charge < -0.3 is 4.74 Å². The number of hydrogen-bond donors (Lipinski definition) is 0. The maximum atomic E-state index is 13.1. The van der Waals surface area contributed by atoms with Gasteiger partial charge in [-0.3, -0.25) is 0 Å². The molecule has 0 aliphatic carbocycles. The molecule has 0 bridgehead atoms. The van der Waals surface area contributed by atoms with E-state index < -0.39 is 0 Å². The van der Waals surface area contributed by atoms with Crippen LogP contribution >= 0.6 is 0 Å². The number of aromatic nitrogens is 2. The van der Waals surface area contributed by atoms with Gasteiger partial charge in [0.2, 0.25) is 5.88 Å². The van der Waals surface area contributed by atoms with Gasteiger partial charge in [-0.05, 0) is 36.4 Å². The van der Waals surface area contributed by atoms with Crippen LogP contribution in [0.25, 0.3) is 28.0 Å². The normalized spacial score (nSPS) is 10.7. The summed E-state index contributed by atoms with van der Waals surface area (Å²) in [6.07, 6.45) is 0. The molecule has 0 spiro atoms. The minimum atomic E-state index is -0.305. The van der Waals surface area contributed by atoms with E-state index in [0.717, 1.165) is 16.5 Å². The van der Waals surface area contributed by atoms with Gasteiger partial charge in [0.1, 0.15) is 11.6 Å². The molecule has 4 aromatic rings. The highest BCUT2D eigenvalue weighted by Crippen LogP contribution is 2.29. The Hall–Kier alpha value is -3.53. The summed E-state index contributed by atoms with van der Waals surface area (Å²) in [5.74, 6) is 1.09. The molecule has 1 aromatic heterocycles. The lowest BCUT2D eigenvalue weighted by molar-refractivity contribution is 0.501. The van der Waals surface area contributed by atoms with Gasteiger partial charge in [0.15, 0.2) is 5.82 Å². The lowest BCUT2D eigenvalue weighted by atomic mass is 10.2. The van der Waals surface area contributed by atoms with E-state index in [2.05, 4.69) is 16.5 Å². The standard InChI is InChI=1S/C22H15FN2O/c1-15(16-11-13-18(23)14-12-16)26-22-19-9-5-6-10-20(19)24-21(25-22)17-7-3-2-4-8-17/h2-14H,1H2. The van der Waals surface area contributed by atoms with Gasteiger partial charge in [-0.2, -0.15) is 4.98 Å². The first-order valence-electron chi connectivity index (χ1n) is 8.15. The average molecular weight is 342 g/mol. The van der Waals surface area contributed by atoms with Crippen molar-refractivity contribution in [2.24, 2.45) is 0 Å². The fraction of sp³-hybridized carbons (Fsp3) is 0. The number of rotatable bonds is 4. The Morgan fingerprint density at radius 2 is 1.50 bits per heavy atom. The smallest absolute Gasteiger partial charge is 0.230 e. The van der Waals surface area contributed by atoms with Crippen LogP contribution in [0.5, 0.6) is 5.88 Å². The van der Waals surface area contributed by atoms with Gasteiger partial charge >= 0.3 is 0 Å². The number of fused-ring (bicyclic) bond motifs is 1. The van der Waals surface area contributed by atoms with Crippen molar-refractivity contribution in [3.8, 4) is 17.3 Å². The number of para-hydroxylation sites is 1. The van der Waals surface area contributed by atoms with E-state index in [9.17, 15) is 4.39 Å². The predicted octanol–water partition coefficient (Wildman–Crippen LogP) is 5.49. The average Bonchev–Trinajstić information content (AvgIpc) is 2.69. The molecule has 0 saturated carbocycles. The Morgan fingerprint density at radius 3 is 2.27 bits per heavy atom. The van der Waals surface area contributed by atoms with E-state index in [-0.39, 0.29) is 5.82 Å². The highest BCUT2D eigenvalue weighted by Gasteiger charge is 2.12. The fourth-order valence-corrected chi connectivity index (χ4v) is 2.65. The molecule has 4 rings (SSSR count). The Bertz CT molecular complexity index is 1080. The maximum absolute atomic E-state index is 13.1. The van der Waals surface area contributed by atoms with E-state index in [4.69, 9.17) is 4.74 Å². The minimum Gasteiger partial charge on any atom is -0.438 e. The highest BCUT2D eigenvalue weighted by atomic mass is 19.1. The van der Waals surface area contributed by atoms with Gasteiger partial charge in [0, 0.05) is 11.1 Å². The van der Waals surface area contributed by atoms with Gasteiger partial charge in [0.25, 0.3) is 0 Å². The molecule has 126 valence electrons. The zero-order chi connectivity index (χ0) is 17.9. The van der Waals surface area contributed by atoms with Crippen LogP contribution in [0.3, 0.4) is 0 Å². The van der Waals surface area contributed by atoms with Crippen LogP contribution in [0.15, 0.2) is 85.4 Å². The summed E-state index contributed by atoms with van der Waals surface area (Å²) < 4.78 is 19.1. The summed E-state index contributed by atoms with van der Waals surface area (Å²) in [5.41, 5.74) is 2.37. The quantitative estimate of drug-likeness (QED) is 0.460.